The number of pyridine rings is 1. The van der Waals surface area contributed by atoms with Gasteiger partial charge < -0.3 is 14.2 Å². The summed E-state index contributed by atoms with van der Waals surface area (Å²) in [6, 6.07) is 18.0. The maximum Gasteiger partial charge on any atom is 0.254 e. The summed E-state index contributed by atoms with van der Waals surface area (Å²) < 4.78 is 8.42. The van der Waals surface area contributed by atoms with Crippen LogP contribution in [0.25, 0.3) is 21.9 Å². The third-order valence-corrected chi connectivity index (χ3v) is 6.27. The van der Waals surface area contributed by atoms with Crippen LogP contribution in [0.4, 0.5) is 0 Å². The monoisotopic (exact) mass is 443 g/mol. The fourth-order valence-corrected chi connectivity index (χ4v) is 4.60. The summed E-state index contributed by atoms with van der Waals surface area (Å²) in [7, 11) is 3.55. The number of hydrogen-bond donors (Lipinski definition) is 0. The third kappa shape index (κ3) is 4.10. The Labute approximate surface area is 193 Å². The van der Waals surface area contributed by atoms with Gasteiger partial charge in [-0.2, -0.15) is 0 Å². The number of morpholine rings is 1. The van der Waals surface area contributed by atoms with E-state index in [1.807, 2.05) is 36.4 Å². The number of hydrogen-bond acceptors (Lipinski definition) is 5. The van der Waals surface area contributed by atoms with Gasteiger partial charge in [-0.05, 0) is 31.2 Å². The van der Waals surface area contributed by atoms with Crippen molar-refractivity contribution in [3.8, 4) is 0 Å². The molecule has 2 aromatic heterocycles. The number of imidazole rings is 1. The zero-order valence-corrected chi connectivity index (χ0v) is 19.4. The molecule has 0 saturated carbocycles. The zero-order valence-electron chi connectivity index (χ0n) is 19.4. The van der Waals surface area contributed by atoms with E-state index >= 15 is 0 Å². The number of aryl methyl sites for hydroxylation is 1. The molecule has 0 unspecified atom stereocenters. The molecule has 2 aromatic carbocycles. The molecule has 0 bridgehead atoms. The van der Waals surface area contributed by atoms with Crippen LogP contribution in [0.1, 0.15) is 34.9 Å². The maximum absolute atomic E-state index is 12.9. The Balaban J connectivity index is 1.44. The van der Waals surface area contributed by atoms with Crippen LogP contribution in [0.15, 0.2) is 54.6 Å². The largest absolute Gasteiger partial charge is 0.369 e. The molecule has 0 spiro atoms. The molecule has 5 rings (SSSR count). The zero-order chi connectivity index (χ0) is 22.9. The van der Waals surface area contributed by atoms with Crippen molar-refractivity contribution in [3.63, 3.8) is 0 Å². The van der Waals surface area contributed by atoms with Crippen LogP contribution in [0.3, 0.4) is 0 Å². The van der Waals surface area contributed by atoms with E-state index in [2.05, 4.69) is 34.6 Å². The number of amides is 1. The summed E-state index contributed by atoms with van der Waals surface area (Å²) in [5, 5.41) is 0.865. The van der Waals surface area contributed by atoms with E-state index in [1.165, 1.54) is 5.52 Å². The Morgan fingerprint density at radius 3 is 2.64 bits per heavy atom. The van der Waals surface area contributed by atoms with Crippen molar-refractivity contribution >= 4 is 27.8 Å². The number of carbonyl (C=O) groups is 1. The molecule has 0 aliphatic carbocycles. The molecule has 1 saturated heterocycles. The number of ether oxygens (including phenoxy) is 1. The fourth-order valence-electron chi connectivity index (χ4n) is 4.60. The first kappa shape index (κ1) is 21.6. The number of fused-ring (bicyclic) bond motifs is 2. The highest BCUT2D eigenvalue weighted by Gasteiger charge is 2.26. The molecule has 3 heterocycles. The average molecular weight is 444 g/mol. The SMILES string of the molecule is CCn1c(CN2CCO[C@H](c3cc(C(=O)N(C)C)c4ccccc4n3)C2)nc2ccccc21. The lowest BCUT2D eigenvalue weighted by molar-refractivity contribution is -0.0358. The van der Waals surface area contributed by atoms with Crippen molar-refractivity contribution in [3.05, 3.63) is 71.7 Å². The predicted molar refractivity (Wildman–Crippen MR) is 129 cm³/mol. The van der Waals surface area contributed by atoms with E-state index in [0.29, 0.717) is 18.7 Å². The van der Waals surface area contributed by atoms with Crippen LogP contribution in [0.5, 0.6) is 0 Å². The quantitative estimate of drug-likeness (QED) is 0.468. The van der Waals surface area contributed by atoms with Gasteiger partial charge in [-0.25, -0.2) is 9.97 Å². The molecule has 0 radical (unpaired) electrons. The van der Waals surface area contributed by atoms with E-state index in [0.717, 1.165) is 47.6 Å². The molecule has 1 atom stereocenters. The predicted octanol–water partition coefficient (Wildman–Crippen LogP) is 3.88. The minimum atomic E-state index is -0.198. The van der Waals surface area contributed by atoms with Crippen molar-refractivity contribution in [2.75, 3.05) is 33.8 Å². The van der Waals surface area contributed by atoms with Gasteiger partial charge in [0.05, 0.1) is 41.0 Å². The van der Waals surface area contributed by atoms with E-state index in [-0.39, 0.29) is 12.0 Å². The summed E-state index contributed by atoms with van der Waals surface area (Å²) in [6.45, 7) is 5.93. The molecule has 7 nitrogen and oxygen atoms in total. The van der Waals surface area contributed by atoms with Crippen LogP contribution < -0.4 is 0 Å². The molecular formula is C26H29N5O2. The van der Waals surface area contributed by atoms with Crippen molar-refractivity contribution in [1.29, 1.82) is 0 Å². The Morgan fingerprint density at radius 1 is 1.09 bits per heavy atom. The second-order valence-corrected chi connectivity index (χ2v) is 8.67. The first-order valence-electron chi connectivity index (χ1n) is 11.4. The number of para-hydroxylation sites is 3. The van der Waals surface area contributed by atoms with Crippen LogP contribution in [-0.2, 0) is 17.8 Å². The van der Waals surface area contributed by atoms with Gasteiger partial charge in [0, 0.05) is 39.1 Å². The molecule has 0 N–H and O–H groups in total. The molecular weight excluding hydrogens is 414 g/mol. The Kier molecular flexibility index (Phi) is 5.83. The van der Waals surface area contributed by atoms with Gasteiger partial charge in [-0.1, -0.05) is 30.3 Å². The first-order valence-corrected chi connectivity index (χ1v) is 11.4. The van der Waals surface area contributed by atoms with Crippen LogP contribution >= 0.6 is 0 Å². The Bertz CT molecular complexity index is 1310. The first-order chi connectivity index (χ1) is 16.0. The number of carbonyl (C=O) groups excluding carboxylic acids is 1. The molecule has 4 aromatic rings. The van der Waals surface area contributed by atoms with Gasteiger partial charge in [0.25, 0.3) is 5.91 Å². The summed E-state index contributed by atoms with van der Waals surface area (Å²) in [5.41, 5.74) is 4.47. The number of nitrogens with zero attached hydrogens (tertiary/aromatic N) is 5. The summed E-state index contributed by atoms with van der Waals surface area (Å²) in [5.74, 6) is 1.04. The lowest BCUT2D eigenvalue weighted by atomic mass is 10.0. The highest BCUT2D eigenvalue weighted by Crippen LogP contribution is 2.27. The Hall–Kier alpha value is -3.29. The second-order valence-electron chi connectivity index (χ2n) is 8.67. The molecule has 170 valence electrons. The summed E-state index contributed by atoms with van der Waals surface area (Å²) in [6.07, 6.45) is -0.198. The highest BCUT2D eigenvalue weighted by molar-refractivity contribution is 6.06. The minimum Gasteiger partial charge on any atom is -0.369 e. The van der Waals surface area contributed by atoms with Gasteiger partial charge >= 0.3 is 0 Å². The normalized spacial score (nSPS) is 17.0. The van der Waals surface area contributed by atoms with Crippen molar-refractivity contribution < 1.29 is 9.53 Å². The van der Waals surface area contributed by atoms with Crippen molar-refractivity contribution in [2.24, 2.45) is 0 Å². The summed E-state index contributed by atoms with van der Waals surface area (Å²) >= 11 is 0. The minimum absolute atomic E-state index is 0.0285. The smallest absolute Gasteiger partial charge is 0.254 e. The third-order valence-electron chi connectivity index (χ3n) is 6.27. The average Bonchev–Trinajstić information content (AvgIpc) is 3.19. The van der Waals surface area contributed by atoms with Crippen LogP contribution in [-0.4, -0.2) is 64.0 Å². The van der Waals surface area contributed by atoms with E-state index < -0.39 is 0 Å². The van der Waals surface area contributed by atoms with E-state index in [1.54, 1.807) is 19.0 Å². The number of aromatic nitrogens is 3. The van der Waals surface area contributed by atoms with Crippen LogP contribution in [0, 0.1) is 0 Å². The van der Waals surface area contributed by atoms with Crippen LogP contribution in [0.2, 0.25) is 0 Å². The topological polar surface area (TPSA) is 63.5 Å². The molecule has 33 heavy (non-hydrogen) atoms. The van der Waals surface area contributed by atoms with Gasteiger partial charge in [-0.3, -0.25) is 9.69 Å². The number of benzene rings is 2. The van der Waals surface area contributed by atoms with Gasteiger partial charge in [0.1, 0.15) is 11.9 Å². The maximum atomic E-state index is 12.9. The van der Waals surface area contributed by atoms with Gasteiger partial charge in [0.2, 0.25) is 0 Å². The fraction of sp³-hybridized carbons (Fsp3) is 0.346. The molecule has 1 fully saturated rings. The second kappa shape index (κ2) is 8.92. The molecule has 1 aliphatic heterocycles. The highest BCUT2D eigenvalue weighted by atomic mass is 16.5. The molecule has 7 heteroatoms. The van der Waals surface area contributed by atoms with Crippen molar-refractivity contribution in [1.82, 2.24) is 24.3 Å². The Morgan fingerprint density at radius 2 is 1.85 bits per heavy atom. The van der Waals surface area contributed by atoms with Gasteiger partial charge in [0.15, 0.2) is 0 Å². The number of rotatable bonds is 5. The molecule has 1 aliphatic rings. The van der Waals surface area contributed by atoms with E-state index in [4.69, 9.17) is 14.7 Å². The molecule has 1 amide bonds. The summed E-state index contributed by atoms with van der Waals surface area (Å²) in [4.78, 5) is 26.6. The lowest BCUT2D eigenvalue weighted by Gasteiger charge is -2.32. The lowest BCUT2D eigenvalue weighted by Crippen LogP contribution is -2.38. The standard InChI is InChI=1S/C26H29N5O2/c1-4-31-23-12-8-7-11-21(23)28-25(31)17-30-13-14-33-24(16-30)22-15-19(26(32)29(2)3)18-9-5-6-10-20(18)27-22/h5-12,15,24H,4,13-14,16-17H2,1-3H3/t24-/m0/s1. The van der Waals surface area contributed by atoms with Gasteiger partial charge in [-0.15, -0.1) is 0 Å². The van der Waals surface area contributed by atoms with Crippen molar-refractivity contribution in [2.45, 2.75) is 26.1 Å². The van der Waals surface area contributed by atoms with E-state index in [9.17, 15) is 4.79 Å².